The normalized spacial score (nSPS) is 11.8. The van der Waals surface area contributed by atoms with Crippen LogP contribution in [-0.4, -0.2) is 31.5 Å². The molecular weight excluding hydrogens is 270 g/mol. The van der Waals surface area contributed by atoms with Crippen LogP contribution in [0.4, 0.5) is 10.8 Å². The van der Waals surface area contributed by atoms with Crippen molar-refractivity contribution in [2.75, 3.05) is 29.1 Å². The first-order valence-corrected chi connectivity index (χ1v) is 8.24. The second-order valence-electron chi connectivity index (χ2n) is 3.91. The van der Waals surface area contributed by atoms with Gasteiger partial charge in [0.05, 0.1) is 16.0 Å². The Labute approximate surface area is 110 Å². The van der Waals surface area contributed by atoms with Crippen LogP contribution >= 0.6 is 11.3 Å². The molecule has 7 heteroatoms. The zero-order valence-corrected chi connectivity index (χ0v) is 11.6. The predicted octanol–water partition coefficient (Wildman–Crippen LogP) is 1.73. The summed E-state index contributed by atoms with van der Waals surface area (Å²) in [5, 5.41) is 3.76. The number of thiazole rings is 1. The highest BCUT2D eigenvalue weighted by atomic mass is 32.2. The molecule has 18 heavy (non-hydrogen) atoms. The van der Waals surface area contributed by atoms with Crippen molar-refractivity contribution < 1.29 is 8.42 Å². The van der Waals surface area contributed by atoms with Crippen molar-refractivity contribution in [3.63, 3.8) is 0 Å². The van der Waals surface area contributed by atoms with Crippen molar-refractivity contribution in [1.82, 2.24) is 4.98 Å². The standard InChI is InChI=1S/C11H15N3O2S2/c1-2-18(15,16)6-5-13-11-14-9-4-3-8(12)7-10(9)17-11/h3-4,7H,2,5-6,12H2,1H3,(H,13,14). The highest BCUT2D eigenvalue weighted by Crippen LogP contribution is 2.27. The lowest BCUT2D eigenvalue weighted by Crippen LogP contribution is -2.16. The van der Waals surface area contributed by atoms with Crippen LogP contribution in [0.2, 0.25) is 0 Å². The van der Waals surface area contributed by atoms with Gasteiger partial charge in [0.15, 0.2) is 15.0 Å². The van der Waals surface area contributed by atoms with Crippen molar-refractivity contribution in [3.8, 4) is 0 Å². The molecule has 0 radical (unpaired) electrons. The van der Waals surface area contributed by atoms with Crippen LogP contribution in [0.1, 0.15) is 6.92 Å². The Balaban J connectivity index is 2.04. The van der Waals surface area contributed by atoms with E-state index in [1.165, 1.54) is 11.3 Å². The summed E-state index contributed by atoms with van der Waals surface area (Å²) < 4.78 is 23.7. The van der Waals surface area contributed by atoms with Gasteiger partial charge in [0.25, 0.3) is 0 Å². The molecule has 1 heterocycles. The van der Waals surface area contributed by atoms with Gasteiger partial charge in [0.2, 0.25) is 0 Å². The Morgan fingerprint density at radius 2 is 2.22 bits per heavy atom. The summed E-state index contributed by atoms with van der Waals surface area (Å²) in [6.45, 7) is 2.03. The minimum Gasteiger partial charge on any atom is -0.399 e. The molecule has 0 aliphatic carbocycles. The highest BCUT2D eigenvalue weighted by molar-refractivity contribution is 7.91. The van der Waals surface area contributed by atoms with E-state index in [4.69, 9.17) is 5.73 Å². The number of aromatic nitrogens is 1. The monoisotopic (exact) mass is 285 g/mol. The Bertz CT molecular complexity index is 649. The van der Waals surface area contributed by atoms with E-state index in [0.29, 0.717) is 12.2 Å². The van der Waals surface area contributed by atoms with Crippen molar-refractivity contribution in [2.45, 2.75) is 6.92 Å². The second kappa shape index (κ2) is 5.11. The number of fused-ring (bicyclic) bond motifs is 1. The molecule has 2 aromatic rings. The minimum atomic E-state index is -2.93. The fourth-order valence-corrected chi connectivity index (χ4v) is 3.12. The van der Waals surface area contributed by atoms with E-state index in [1.807, 2.05) is 12.1 Å². The summed E-state index contributed by atoms with van der Waals surface area (Å²) >= 11 is 1.47. The zero-order valence-electron chi connectivity index (χ0n) is 10.0. The molecule has 0 unspecified atom stereocenters. The quantitative estimate of drug-likeness (QED) is 0.817. The minimum absolute atomic E-state index is 0.127. The molecule has 0 saturated heterocycles. The molecule has 0 bridgehead atoms. The number of anilines is 2. The highest BCUT2D eigenvalue weighted by Gasteiger charge is 2.08. The Kier molecular flexibility index (Phi) is 3.72. The van der Waals surface area contributed by atoms with Crippen LogP contribution in [0.15, 0.2) is 18.2 Å². The molecule has 3 N–H and O–H groups in total. The van der Waals surface area contributed by atoms with Gasteiger partial charge in [-0.25, -0.2) is 13.4 Å². The molecular formula is C11H15N3O2S2. The van der Waals surface area contributed by atoms with E-state index >= 15 is 0 Å². The van der Waals surface area contributed by atoms with Gasteiger partial charge in [0.1, 0.15) is 0 Å². The molecule has 1 aromatic carbocycles. The Morgan fingerprint density at radius 1 is 1.44 bits per heavy atom. The van der Waals surface area contributed by atoms with Crippen molar-refractivity contribution in [2.24, 2.45) is 0 Å². The van der Waals surface area contributed by atoms with Gasteiger partial charge >= 0.3 is 0 Å². The van der Waals surface area contributed by atoms with E-state index in [-0.39, 0.29) is 11.5 Å². The lowest BCUT2D eigenvalue weighted by molar-refractivity contribution is 0.597. The van der Waals surface area contributed by atoms with E-state index < -0.39 is 9.84 Å². The number of nitrogens with one attached hydrogen (secondary N) is 1. The first kappa shape index (κ1) is 13.1. The fourth-order valence-electron chi connectivity index (χ4n) is 1.47. The Morgan fingerprint density at radius 3 is 2.94 bits per heavy atom. The molecule has 0 aliphatic heterocycles. The van der Waals surface area contributed by atoms with Gasteiger partial charge in [-0.1, -0.05) is 18.3 Å². The van der Waals surface area contributed by atoms with Gasteiger partial charge in [-0.2, -0.15) is 0 Å². The van der Waals surface area contributed by atoms with Crippen molar-refractivity contribution in [3.05, 3.63) is 18.2 Å². The number of benzene rings is 1. The molecule has 0 amide bonds. The largest absolute Gasteiger partial charge is 0.399 e. The lowest BCUT2D eigenvalue weighted by atomic mass is 10.3. The lowest BCUT2D eigenvalue weighted by Gasteiger charge is -2.01. The van der Waals surface area contributed by atoms with Crippen LogP contribution < -0.4 is 11.1 Å². The van der Waals surface area contributed by atoms with Gasteiger partial charge in [-0.05, 0) is 18.2 Å². The summed E-state index contributed by atoms with van der Waals surface area (Å²) in [6.07, 6.45) is 0. The summed E-state index contributed by atoms with van der Waals surface area (Å²) in [5.74, 6) is 0.298. The number of hydrogen-bond acceptors (Lipinski definition) is 6. The summed E-state index contributed by atoms with van der Waals surface area (Å²) in [4.78, 5) is 4.36. The third-order valence-electron chi connectivity index (χ3n) is 2.54. The molecule has 0 fully saturated rings. The molecule has 0 saturated carbocycles. The van der Waals surface area contributed by atoms with Crippen LogP contribution in [0, 0.1) is 0 Å². The van der Waals surface area contributed by atoms with Crippen LogP contribution in [-0.2, 0) is 9.84 Å². The average Bonchev–Trinajstić information content (AvgIpc) is 2.70. The van der Waals surface area contributed by atoms with Crippen molar-refractivity contribution >= 4 is 42.2 Å². The number of sulfone groups is 1. The molecule has 2 rings (SSSR count). The summed E-state index contributed by atoms with van der Waals surface area (Å²) in [7, 11) is -2.93. The maximum Gasteiger partial charge on any atom is 0.183 e. The molecule has 0 aliphatic rings. The summed E-state index contributed by atoms with van der Waals surface area (Å²) in [5.41, 5.74) is 7.26. The van der Waals surface area contributed by atoms with E-state index in [2.05, 4.69) is 10.3 Å². The maximum absolute atomic E-state index is 11.3. The molecule has 0 spiro atoms. The number of nitrogens with zero attached hydrogens (tertiary/aromatic N) is 1. The number of rotatable bonds is 5. The third kappa shape index (κ3) is 3.11. The van der Waals surface area contributed by atoms with Crippen LogP contribution in [0.3, 0.4) is 0 Å². The topological polar surface area (TPSA) is 85.1 Å². The zero-order chi connectivity index (χ0) is 13.2. The first-order chi connectivity index (χ1) is 8.50. The van der Waals surface area contributed by atoms with E-state index in [9.17, 15) is 8.42 Å². The fraction of sp³-hybridized carbons (Fsp3) is 0.364. The molecule has 0 atom stereocenters. The predicted molar refractivity (Wildman–Crippen MR) is 76.8 cm³/mol. The van der Waals surface area contributed by atoms with Gasteiger partial charge < -0.3 is 11.1 Å². The van der Waals surface area contributed by atoms with Crippen LogP contribution in [0.25, 0.3) is 10.2 Å². The average molecular weight is 285 g/mol. The van der Waals surface area contributed by atoms with E-state index in [0.717, 1.165) is 15.3 Å². The van der Waals surface area contributed by atoms with Gasteiger partial charge in [-0.3, -0.25) is 0 Å². The SMILES string of the molecule is CCS(=O)(=O)CCNc1nc2ccc(N)cc2s1. The number of nitrogen functional groups attached to an aromatic ring is 1. The molecule has 1 aromatic heterocycles. The van der Waals surface area contributed by atoms with Crippen LogP contribution in [0.5, 0.6) is 0 Å². The first-order valence-electron chi connectivity index (χ1n) is 5.60. The second-order valence-corrected chi connectivity index (χ2v) is 7.41. The number of hydrogen-bond donors (Lipinski definition) is 2. The van der Waals surface area contributed by atoms with Gasteiger partial charge in [-0.15, -0.1) is 0 Å². The van der Waals surface area contributed by atoms with Gasteiger partial charge in [0, 0.05) is 18.0 Å². The summed E-state index contributed by atoms with van der Waals surface area (Å²) in [6, 6.07) is 5.52. The third-order valence-corrected chi connectivity index (χ3v) is 5.22. The molecule has 5 nitrogen and oxygen atoms in total. The van der Waals surface area contributed by atoms with Crippen molar-refractivity contribution in [1.29, 1.82) is 0 Å². The Hall–Kier alpha value is -1.34. The smallest absolute Gasteiger partial charge is 0.183 e. The number of nitrogens with two attached hydrogens (primary N) is 1. The van der Waals surface area contributed by atoms with E-state index in [1.54, 1.807) is 13.0 Å². The molecule has 98 valence electrons. The maximum atomic E-state index is 11.3.